The normalized spacial score (nSPS) is 30.2. The lowest BCUT2D eigenvalue weighted by molar-refractivity contribution is -0.148. The van der Waals surface area contributed by atoms with Gasteiger partial charge in [-0.1, -0.05) is 48.5 Å². The van der Waals surface area contributed by atoms with Crippen molar-refractivity contribution in [2.24, 2.45) is 11.3 Å². The van der Waals surface area contributed by atoms with Crippen molar-refractivity contribution in [1.82, 2.24) is 10.6 Å². The molecule has 2 saturated carbocycles. The molecule has 1 unspecified atom stereocenters. The molecular weight excluding hydrogens is 448 g/mol. The lowest BCUT2D eigenvalue weighted by atomic mass is 9.94. The first-order valence-electron chi connectivity index (χ1n) is 12.2. The van der Waals surface area contributed by atoms with Gasteiger partial charge in [-0.15, -0.1) is 0 Å². The molecule has 6 rings (SSSR count). The fourth-order valence-corrected chi connectivity index (χ4v) is 6.32. The third-order valence-corrected chi connectivity index (χ3v) is 8.31. The van der Waals surface area contributed by atoms with E-state index in [-0.39, 0.29) is 43.4 Å². The van der Waals surface area contributed by atoms with Crippen LogP contribution in [0.4, 0.5) is 4.79 Å². The summed E-state index contributed by atoms with van der Waals surface area (Å²) >= 11 is 0. The monoisotopic (exact) mass is 476 g/mol. The fraction of sp³-hybridized carbons (Fsp3) is 0.444. The van der Waals surface area contributed by atoms with Crippen molar-refractivity contribution in [3.05, 3.63) is 59.7 Å². The first kappa shape index (κ1) is 22.1. The van der Waals surface area contributed by atoms with Crippen LogP contribution in [0.15, 0.2) is 48.5 Å². The largest absolute Gasteiger partial charge is 0.479 e. The summed E-state index contributed by atoms with van der Waals surface area (Å²) in [7, 11) is 0. The van der Waals surface area contributed by atoms with Gasteiger partial charge in [0, 0.05) is 25.0 Å². The van der Waals surface area contributed by atoms with Crippen molar-refractivity contribution in [1.29, 1.82) is 0 Å². The number of alkyl carbamates (subject to hydrolysis) is 1. The number of carbonyl (C=O) groups excluding carboxylic acids is 2. The van der Waals surface area contributed by atoms with Crippen LogP contribution in [0.3, 0.4) is 0 Å². The number of nitrogens with one attached hydrogen (secondary N) is 2. The molecule has 182 valence electrons. The molecule has 8 nitrogen and oxygen atoms in total. The maximum Gasteiger partial charge on any atom is 0.407 e. The van der Waals surface area contributed by atoms with Gasteiger partial charge >= 0.3 is 12.1 Å². The highest BCUT2D eigenvalue weighted by molar-refractivity contribution is 5.92. The molecule has 4 atom stereocenters. The second-order valence-corrected chi connectivity index (χ2v) is 10.3. The molecule has 2 aromatic rings. The van der Waals surface area contributed by atoms with Crippen LogP contribution in [-0.4, -0.2) is 54.5 Å². The SMILES string of the molecule is O=C(N[C@@H]1C[C@H]2C[C@@]2(C(=O)NC2(C(=O)O)CCOC2)C1)OCC1c2ccccc2-c2ccccc21. The quantitative estimate of drug-likeness (QED) is 0.591. The van der Waals surface area contributed by atoms with E-state index in [1.807, 2.05) is 24.3 Å². The third-order valence-electron chi connectivity index (χ3n) is 8.31. The summed E-state index contributed by atoms with van der Waals surface area (Å²) in [6, 6.07) is 16.2. The summed E-state index contributed by atoms with van der Waals surface area (Å²) in [6.07, 6.45) is 1.67. The zero-order valence-electron chi connectivity index (χ0n) is 19.3. The molecular formula is C27H28N2O6. The van der Waals surface area contributed by atoms with Gasteiger partial charge in [0.2, 0.25) is 5.91 Å². The Hall–Kier alpha value is -3.39. The Morgan fingerprint density at radius 1 is 1.03 bits per heavy atom. The molecule has 3 fully saturated rings. The Balaban J connectivity index is 1.06. The molecule has 0 spiro atoms. The smallest absolute Gasteiger partial charge is 0.407 e. The highest BCUT2D eigenvalue weighted by Gasteiger charge is 2.66. The number of benzene rings is 2. The standard InChI is InChI=1S/C27H28N2O6/c30-23(29-27(24(31)32)9-10-34-15-27)26-12-16(26)11-17(13-26)28-25(33)35-14-22-20-7-3-1-5-18(20)19-6-2-4-8-21(19)22/h1-8,16-17,22H,9-15H2,(H,28,33)(H,29,30)(H,31,32)/t16-,17+,26+,27?/m0/s1. The maximum atomic E-state index is 13.1. The van der Waals surface area contributed by atoms with Gasteiger partial charge < -0.3 is 25.2 Å². The molecule has 2 aromatic carbocycles. The number of carbonyl (C=O) groups is 3. The Morgan fingerprint density at radius 2 is 1.71 bits per heavy atom. The number of aliphatic carboxylic acids is 1. The first-order valence-corrected chi connectivity index (χ1v) is 12.2. The highest BCUT2D eigenvalue weighted by atomic mass is 16.5. The molecule has 0 bridgehead atoms. The van der Waals surface area contributed by atoms with Crippen LogP contribution in [0.1, 0.15) is 42.7 Å². The minimum Gasteiger partial charge on any atom is -0.479 e. The molecule has 35 heavy (non-hydrogen) atoms. The zero-order chi connectivity index (χ0) is 24.2. The molecule has 3 N–H and O–H groups in total. The highest BCUT2D eigenvalue weighted by Crippen LogP contribution is 2.63. The number of rotatable bonds is 6. The minimum absolute atomic E-state index is 0.0110. The molecule has 8 heteroatoms. The van der Waals surface area contributed by atoms with Crippen molar-refractivity contribution in [3.8, 4) is 11.1 Å². The fourth-order valence-electron chi connectivity index (χ4n) is 6.32. The molecule has 3 aliphatic carbocycles. The van der Waals surface area contributed by atoms with Gasteiger partial charge in [-0.05, 0) is 47.4 Å². The summed E-state index contributed by atoms with van der Waals surface area (Å²) in [4.78, 5) is 37.5. The molecule has 1 heterocycles. The number of hydrogen-bond acceptors (Lipinski definition) is 5. The van der Waals surface area contributed by atoms with E-state index in [4.69, 9.17) is 9.47 Å². The van der Waals surface area contributed by atoms with Crippen LogP contribution in [0.25, 0.3) is 11.1 Å². The van der Waals surface area contributed by atoms with Gasteiger partial charge in [-0.3, -0.25) is 4.79 Å². The number of ether oxygens (including phenoxy) is 2. The van der Waals surface area contributed by atoms with E-state index < -0.39 is 23.0 Å². The second-order valence-electron chi connectivity index (χ2n) is 10.3. The van der Waals surface area contributed by atoms with Gasteiger partial charge in [-0.2, -0.15) is 0 Å². The summed E-state index contributed by atoms with van der Waals surface area (Å²) in [5.74, 6) is -1.17. The van der Waals surface area contributed by atoms with Crippen LogP contribution in [0.5, 0.6) is 0 Å². The average molecular weight is 477 g/mol. The van der Waals surface area contributed by atoms with Gasteiger partial charge in [0.15, 0.2) is 5.54 Å². The van der Waals surface area contributed by atoms with E-state index in [1.54, 1.807) is 0 Å². The number of fused-ring (bicyclic) bond motifs is 4. The predicted molar refractivity (Wildman–Crippen MR) is 126 cm³/mol. The molecule has 4 aliphatic rings. The van der Waals surface area contributed by atoms with E-state index in [2.05, 4.69) is 34.9 Å². The van der Waals surface area contributed by atoms with E-state index >= 15 is 0 Å². The van der Waals surface area contributed by atoms with Crippen LogP contribution >= 0.6 is 0 Å². The zero-order valence-corrected chi connectivity index (χ0v) is 19.3. The minimum atomic E-state index is -1.35. The number of carboxylic acids is 1. The molecule has 0 radical (unpaired) electrons. The molecule has 1 aliphatic heterocycles. The van der Waals surface area contributed by atoms with Crippen molar-refractivity contribution in [2.45, 2.75) is 43.2 Å². The van der Waals surface area contributed by atoms with Gasteiger partial charge in [0.05, 0.1) is 12.0 Å². The summed E-state index contributed by atoms with van der Waals surface area (Å²) in [5, 5.41) is 15.3. The van der Waals surface area contributed by atoms with Crippen molar-refractivity contribution >= 4 is 18.0 Å². The lowest BCUT2D eigenvalue weighted by Gasteiger charge is -2.26. The van der Waals surface area contributed by atoms with Crippen LogP contribution < -0.4 is 10.6 Å². The van der Waals surface area contributed by atoms with Crippen molar-refractivity contribution in [3.63, 3.8) is 0 Å². The van der Waals surface area contributed by atoms with Gasteiger partial charge in [0.25, 0.3) is 0 Å². The average Bonchev–Trinajstić information content (AvgIpc) is 3.18. The summed E-state index contributed by atoms with van der Waals surface area (Å²) in [5.41, 5.74) is 2.70. The maximum absolute atomic E-state index is 13.1. The third kappa shape index (κ3) is 3.58. The first-order chi connectivity index (χ1) is 16.9. The summed E-state index contributed by atoms with van der Waals surface area (Å²) < 4.78 is 10.9. The van der Waals surface area contributed by atoms with E-state index in [0.29, 0.717) is 19.4 Å². The molecule has 0 aromatic heterocycles. The van der Waals surface area contributed by atoms with E-state index in [0.717, 1.165) is 17.5 Å². The van der Waals surface area contributed by atoms with E-state index in [1.165, 1.54) is 11.1 Å². The molecule has 1 saturated heterocycles. The predicted octanol–water partition coefficient (Wildman–Crippen LogP) is 3.05. The second kappa shape index (κ2) is 8.09. The Labute approximate surface area is 203 Å². The number of hydrogen-bond donors (Lipinski definition) is 3. The van der Waals surface area contributed by atoms with Gasteiger partial charge in [-0.25, -0.2) is 9.59 Å². The van der Waals surface area contributed by atoms with Crippen molar-refractivity contribution < 1.29 is 29.0 Å². The van der Waals surface area contributed by atoms with E-state index in [9.17, 15) is 19.5 Å². The summed E-state index contributed by atoms with van der Waals surface area (Å²) in [6.45, 7) is 0.536. The Kier molecular flexibility index (Phi) is 5.11. The Bertz CT molecular complexity index is 1160. The molecule has 2 amide bonds. The number of amides is 2. The topological polar surface area (TPSA) is 114 Å². The number of carboxylic acid groups (broad SMARTS) is 1. The lowest BCUT2D eigenvalue weighted by Crippen LogP contribution is -2.57. The Morgan fingerprint density at radius 3 is 2.34 bits per heavy atom. The van der Waals surface area contributed by atoms with Crippen LogP contribution in [-0.2, 0) is 19.1 Å². The van der Waals surface area contributed by atoms with Crippen LogP contribution in [0.2, 0.25) is 0 Å². The van der Waals surface area contributed by atoms with Gasteiger partial charge in [0.1, 0.15) is 6.61 Å². The van der Waals surface area contributed by atoms with Crippen LogP contribution in [0, 0.1) is 11.3 Å². The van der Waals surface area contributed by atoms with Crippen molar-refractivity contribution in [2.75, 3.05) is 19.8 Å².